The molecule has 3 rings (SSSR count). The van der Waals surface area contributed by atoms with Gasteiger partial charge in [0.05, 0.1) is 12.0 Å². The minimum Gasteiger partial charge on any atom is -0.481 e. The van der Waals surface area contributed by atoms with E-state index in [9.17, 15) is 14.0 Å². The van der Waals surface area contributed by atoms with Crippen molar-refractivity contribution in [2.24, 2.45) is 11.8 Å². The fraction of sp³-hybridized carbons (Fsp3) is 0.556. The fourth-order valence-corrected chi connectivity index (χ4v) is 4.45. The number of carboxylic acids is 1. The summed E-state index contributed by atoms with van der Waals surface area (Å²) in [5, 5.41) is 9.08. The highest BCUT2D eigenvalue weighted by Gasteiger charge is 2.37. The monoisotopic (exact) mass is 397 g/mol. The third-order valence-electron chi connectivity index (χ3n) is 5.23. The minimum absolute atomic E-state index is 0.0818. The van der Waals surface area contributed by atoms with Crippen molar-refractivity contribution in [2.75, 3.05) is 6.54 Å². The van der Waals surface area contributed by atoms with E-state index in [0.717, 1.165) is 18.4 Å². The third kappa shape index (κ3) is 3.63. The number of aliphatic carboxylic acids is 1. The van der Waals surface area contributed by atoms with Gasteiger partial charge in [-0.2, -0.15) is 0 Å². The molecule has 0 bridgehead atoms. The molecule has 0 radical (unpaired) electrons. The van der Waals surface area contributed by atoms with Crippen molar-refractivity contribution in [3.8, 4) is 0 Å². The number of amides is 1. The van der Waals surface area contributed by atoms with E-state index in [1.807, 2.05) is 11.0 Å². The molecule has 1 aliphatic heterocycles. The molecule has 4 nitrogen and oxygen atoms in total. The average molecular weight is 398 g/mol. The minimum atomic E-state index is -0.760. The first-order valence-corrected chi connectivity index (χ1v) is 9.24. The van der Waals surface area contributed by atoms with Gasteiger partial charge in [0, 0.05) is 16.9 Å². The summed E-state index contributed by atoms with van der Waals surface area (Å²) in [4.78, 5) is 25.8. The van der Waals surface area contributed by atoms with Gasteiger partial charge in [-0.25, -0.2) is 4.39 Å². The summed E-state index contributed by atoms with van der Waals surface area (Å²) < 4.78 is 14.4. The Morgan fingerprint density at radius 1 is 1.08 bits per heavy atom. The van der Waals surface area contributed by atoms with Gasteiger partial charge in [-0.05, 0) is 62.3 Å². The lowest BCUT2D eigenvalue weighted by molar-refractivity contribution is -0.146. The zero-order valence-corrected chi connectivity index (χ0v) is 15.0. The number of carbonyl (C=O) groups is 2. The fourth-order valence-electron chi connectivity index (χ4n) is 3.97. The van der Waals surface area contributed by atoms with Crippen LogP contribution in [0.25, 0.3) is 0 Å². The number of nitrogens with zero attached hydrogens (tertiary/aromatic N) is 1. The second-order valence-corrected chi connectivity index (χ2v) is 7.69. The molecule has 1 N–H and O–H groups in total. The van der Waals surface area contributed by atoms with Gasteiger partial charge in [0.15, 0.2) is 0 Å². The van der Waals surface area contributed by atoms with Gasteiger partial charge in [0.1, 0.15) is 5.82 Å². The molecule has 1 amide bonds. The Labute approximate surface area is 149 Å². The lowest BCUT2D eigenvalue weighted by Gasteiger charge is -2.32. The molecular weight excluding hydrogens is 377 g/mol. The van der Waals surface area contributed by atoms with Gasteiger partial charge in [-0.3, -0.25) is 9.59 Å². The molecule has 1 aromatic rings. The molecule has 1 aromatic carbocycles. The lowest BCUT2D eigenvalue weighted by Crippen LogP contribution is -2.38. The zero-order chi connectivity index (χ0) is 17.3. The summed E-state index contributed by atoms with van der Waals surface area (Å²) in [6.45, 7) is 0.691. The summed E-state index contributed by atoms with van der Waals surface area (Å²) in [6.07, 6.45) is 4.14. The Hall–Kier alpha value is -1.43. The maximum atomic E-state index is 13.7. The van der Waals surface area contributed by atoms with Crippen LogP contribution >= 0.6 is 15.9 Å². The second kappa shape index (κ2) is 7.21. The van der Waals surface area contributed by atoms with Crippen molar-refractivity contribution in [2.45, 2.75) is 44.6 Å². The van der Waals surface area contributed by atoms with Crippen LogP contribution in [0.15, 0.2) is 22.7 Å². The van der Waals surface area contributed by atoms with Crippen LogP contribution in [0.3, 0.4) is 0 Å². The van der Waals surface area contributed by atoms with Gasteiger partial charge in [-0.15, -0.1) is 0 Å². The largest absolute Gasteiger partial charge is 0.481 e. The number of hydrogen-bond acceptors (Lipinski definition) is 2. The molecule has 0 unspecified atom stereocenters. The highest BCUT2D eigenvalue weighted by molar-refractivity contribution is 9.10. The molecule has 6 heteroatoms. The van der Waals surface area contributed by atoms with E-state index in [1.54, 1.807) is 0 Å². The number of benzene rings is 1. The van der Waals surface area contributed by atoms with Crippen LogP contribution in [-0.4, -0.2) is 28.4 Å². The second-order valence-electron chi connectivity index (χ2n) is 6.78. The van der Waals surface area contributed by atoms with Crippen LogP contribution in [0, 0.1) is 17.7 Å². The number of hydrogen-bond donors (Lipinski definition) is 1. The Balaban J connectivity index is 1.71. The normalized spacial score (nSPS) is 27.2. The first-order valence-electron chi connectivity index (χ1n) is 8.45. The number of carboxylic acid groups (broad SMARTS) is 1. The smallest absolute Gasteiger partial charge is 0.306 e. The summed E-state index contributed by atoms with van der Waals surface area (Å²) in [5.74, 6) is -1.38. The number of halogens is 2. The first kappa shape index (κ1) is 17.4. The Morgan fingerprint density at radius 3 is 2.38 bits per heavy atom. The van der Waals surface area contributed by atoms with E-state index >= 15 is 0 Å². The van der Waals surface area contributed by atoms with Crippen LogP contribution < -0.4 is 0 Å². The Kier molecular flexibility index (Phi) is 5.23. The topological polar surface area (TPSA) is 57.6 Å². The maximum absolute atomic E-state index is 13.7. The van der Waals surface area contributed by atoms with Gasteiger partial charge < -0.3 is 10.0 Å². The quantitative estimate of drug-likeness (QED) is 0.833. The lowest BCUT2D eigenvalue weighted by atomic mass is 9.81. The Bertz CT molecular complexity index is 623. The summed E-state index contributed by atoms with van der Waals surface area (Å²) in [5.41, 5.74) is 0.826. The van der Waals surface area contributed by atoms with Gasteiger partial charge in [0.25, 0.3) is 0 Å². The molecular formula is C18H21BrFNO3. The zero-order valence-electron chi connectivity index (χ0n) is 13.4. The summed E-state index contributed by atoms with van der Waals surface area (Å²) in [7, 11) is 0. The van der Waals surface area contributed by atoms with Gasteiger partial charge in [0.2, 0.25) is 5.91 Å². The molecule has 0 spiro atoms. The number of likely N-dealkylation sites (tertiary alicyclic amines) is 1. The molecule has 2 aliphatic rings. The van der Waals surface area contributed by atoms with E-state index < -0.39 is 5.97 Å². The van der Waals surface area contributed by atoms with Crippen LogP contribution in [0.1, 0.15) is 50.1 Å². The molecule has 1 atom stereocenters. The van der Waals surface area contributed by atoms with Crippen LogP contribution in [0.5, 0.6) is 0 Å². The van der Waals surface area contributed by atoms with E-state index in [2.05, 4.69) is 15.9 Å². The van der Waals surface area contributed by atoms with Crippen LogP contribution in [0.2, 0.25) is 0 Å². The van der Waals surface area contributed by atoms with Gasteiger partial charge >= 0.3 is 5.97 Å². The van der Waals surface area contributed by atoms with Crippen molar-refractivity contribution >= 4 is 27.8 Å². The number of carbonyl (C=O) groups excluding carboxylic acids is 1. The third-order valence-corrected chi connectivity index (χ3v) is 5.69. The summed E-state index contributed by atoms with van der Waals surface area (Å²) >= 11 is 3.31. The van der Waals surface area contributed by atoms with Crippen molar-refractivity contribution in [1.29, 1.82) is 0 Å². The molecule has 1 heterocycles. The van der Waals surface area contributed by atoms with E-state index in [1.165, 1.54) is 12.1 Å². The van der Waals surface area contributed by atoms with E-state index in [-0.39, 0.29) is 29.6 Å². The SMILES string of the molecule is O=C(O)C1CCC(C(=O)N2CCC[C@H]2c2cc(F)cc(Br)c2)CC1. The highest BCUT2D eigenvalue weighted by atomic mass is 79.9. The van der Waals surface area contributed by atoms with Crippen molar-refractivity contribution in [3.05, 3.63) is 34.1 Å². The van der Waals surface area contributed by atoms with Gasteiger partial charge in [-0.1, -0.05) is 15.9 Å². The van der Waals surface area contributed by atoms with Crippen molar-refractivity contribution in [1.82, 2.24) is 4.90 Å². The average Bonchev–Trinajstić information content (AvgIpc) is 3.03. The predicted molar refractivity (Wildman–Crippen MR) is 90.9 cm³/mol. The van der Waals surface area contributed by atoms with Crippen LogP contribution in [0.4, 0.5) is 4.39 Å². The molecule has 0 aromatic heterocycles. The molecule has 1 saturated carbocycles. The predicted octanol–water partition coefficient (Wildman–Crippen LogP) is 4.14. The standard InChI is InChI=1S/C18H21BrFNO3/c19-14-8-13(9-15(20)10-14)16-2-1-7-21(16)17(22)11-3-5-12(6-4-11)18(23)24/h8-12,16H,1-7H2,(H,23,24)/t11?,12?,16-/m0/s1. The van der Waals surface area contributed by atoms with E-state index in [4.69, 9.17) is 5.11 Å². The molecule has 2 fully saturated rings. The highest BCUT2D eigenvalue weighted by Crippen LogP contribution is 2.37. The van der Waals surface area contributed by atoms with E-state index in [0.29, 0.717) is 36.7 Å². The molecule has 130 valence electrons. The number of rotatable bonds is 3. The molecule has 1 saturated heterocycles. The maximum Gasteiger partial charge on any atom is 0.306 e. The summed E-state index contributed by atoms with van der Waals surface area (Å²) in [6, 6.07) is 4.71. The first-order chi connectivity index (χ1) is 11.5. The Morgan fingerprint density at radius 2 is 1.75 bits per heavy atom. The van der Waals surface area contributed by atoms with Crippen molar-refractivity contribution < 1.29 is 19.1 Å². The molecule has 1 aliphatic carbocycles. The van der Waals surface area contributed by atoms with Crippen LogP contribution in [-0.2, 0) is 9.59 Å². The van der Waals surface area contributed by atoms with Crippen molar-refractivity contribution in [3.63, 3.8) is 0 Å². The molecule has 24 heavy (non-hydrogen) atoms.